The summed E-state index contributed by atoms with van der Waals surface area (Å²) in [5, 5.41) is 17.0. The maximum atomic E-state index is 16.9. The molecule has 1 amide bonds. The van der Waals surface area contributed by atoms with Gasteiger partial charge in [0.1, 0.15) is 41.2 Å². The first-order chi connectivity index (χ1) is 24.2. The van der Waals surface area contributed by atoms with Gasteiger partial charge in [0.25, 0.3) is 0 Å². The molecule has 0 radical (unpaired) electrons. The molecular weight excluding hydrogens is 684 g/mol. The molecule has 9 rings (SSSR count). The molecule has 2 saturated carbocycles. The number of hydrogen-bond donors (Lipinski definition) is 3. The van der Waals surface area contributed by atoms with Gasteiger partial charge in [-0.1, -0.05) is 17.7 Å². The Morgan fingerprint density at radius 3 is 2.76 bits per heavy atom. The molecule has 3 saturated heterocycles. The number of carbonyl (C=O) groups is 1. The average Bonchev–Trinajstić information content (AvgIpc) is 3.92. The highest BCUT2D eigenvalue weighted by molar-refractivity contribution is 7.23. The molecule has 10 nitrogen and oxygen atoms in total. The van der Waals surface area contributed by atoms with Crippen molar-refractivity contribution in [3.63, 3.8) is 0 Å². The Morgan fingerprint density at radius 1 is 1.20 bits per heavy atom. The zero-order chi connectivity index (χ0) is 34.3. The number of anilines is 1. The SMILES string of the molecule is N#Cc1c(N)sc2c(F)ccc(-c3c(Cl)cc4c(O[C@H]5CC[C@@H](NC(=O)[C@@H]6N[C@H]6C6CC6)C5)nc(OCC56CCCN5CCC6)nc4c3F)c12. The number of rotatable bonds is 9. The lowest BCUT2D eigenvalue weighted by Gasteiger charge is -2.31. The summed E-state index contributed by atoms with van der Waals surface area (Å²) < 4.78 is 44.8. The van der Waals surface area contributed by atoms with E-state index in [0.717, 1.165) is 56.5 Å². The Balaban J connectivity index is 1.07. The van der Waals surface area contributed by atoms with Crippen LogP contribution in [0, 0.1) is 28.9 Å². The lowest BCUT2D eigenvalue weighted by Crippen LogP contribution is -2.43. The molecule has 2 aromatic heterocycles. The van der Waals surface area contributed by atoms with Gasteiger partial charge in [-0.3, -0.25) is 15.0 Å². The van der Waals surface area contributed by atoms with Gasteiger partial charge in [0.15, 0.2) is 5.82 Å². The summed E-state index contributed by atoms with van der Waals surface area (Å²) in [6, 6.07) is 6.34. The molecule has 3 aliphatic heterocycles. The molecule has 4 aromatic rings. The summed E-state index contributed by atoms with van der Waals surface area (Å²) >= 11 is 7.76. The molecule has 2 aliphatic carbocycles. The quantitative estimate of drug-likeness (QED) is 0.175. The molecule has 5 heterocycles. The summed E-state index contributed by atoms with van der Waals surface area (Å²) in [6.45, 7) is 2.41. The Hall–Kier alpha value is -3.83. The maximum absolute atomic E-state index is 16.9. The van der Waals surface area contributed by atoms with Crippen LogP contribution in [0.15, 0.2) is 18.2 Å². The van der Waals surface area contributed by atoms with E-state index in [2.05, 4.69) is 25.5 Å². The largest absolute Gasteiger partial charge is 0.474 e. The summed E-state index contributed by atoms with van der Waals surface area (Å²) in [5.41, 5.74) is 6.17. The van der Waals surface area contributed by atoms with E-state index in [1.807, 2.05) is 6.07 Å². The number of ether oxygens (including phenoxy) is 2. The Labute approximate surface area is 296 Å². The van der Waals surface area contributed by atoms with Crippen molar-refractivity contribution in [1.82, 2.24) is 25.5 Å². The zero-order valence-electron chi connectivity index (χ0n) is 27.2. The van der Waals surface area contributed by atoms with E-state index in [1.165, 1.54) is 25.0 Å². The van der Waals surface area contributed by atoms with Crippen molar-refractivity contribution in [2.24, 2.45) is 5.92 Å². The number of benzene rings is 2. The van der Waals surface area contributed by atoms with Crippen molar-refractivity contribution in [1.29, 1.82) is 5.26 Å². The number of nitriles is 1. The van der Waals surface area contributed by atoms with E-state index in [-0.39, 0.29) is 89.2 Å². The van der Waals surface area contributed by atoms with E-state index >= 15 is 4.39 Å². The van der Waals surface area contributed by atoms with Crippen LogP contribution in [0.3, 0.4) is 0 Å². The molecule has 14 heteroatoms. The molecule has 50 heavy (non-hydrogen) atoms. The molecule has 2 aromatic carbocycles. The fraction of sp³-hybridized carbons (Fsp3) is 0.500. The molecule has 0 unspecified atom stereocenters. The molecule has 0 bridgehead atoms. The van der Waals surface area contributed by atoms with Gasteiger partial charge >= 0.3 is 6.01 Å². The number of halogens is 3. The number of carbonyl (C=O) groups excluding carboxylic acids is 1. The molecule has 4 atom stereocenters. The highest BCUT2D eigenvalue weighted by Crippen LogP contribution is 2.46. The minimum absolute atomic E-state index is 0.0108. The fourth-order valence-electron chi connectivity index (χ4n) is 8.60. The van der Waals surface area contributed by atoms with Crippen LogP contribution in [0.2, 0.25) is 5.02 Å². The van der Waals surface area contributed by atoms with Gasteiger partial charge in [0, 0.05) is 29.5 Å². The van der Waals surface area contributed by atoms with Gasteiger partial charge in [-0.25, -0.2) is 8.78 Å². The standard InChI is InChI=1S/C36H36ClF2N7O3S/c37-23-14-21-29(27(39)26(23)20-7-8-24(38)31-25(20)22(15-40)32(41)50-31)44-35(48-16-36-9-1-11-46(36)12-2-10-36)45-34(21)49-19-6-5-18(13-19)42-33(47)30-28(43-30)17-3-4-17/h7-8,14,17-19,28,30,43H,1-6,9-13,16,41H2,(H,42,47)/t18-,19+,28+,30-/m1/s1. The number of thiophene rings is 1. The molecule has 5 aliphatic rings. The topological polar surface area (TPSA) is 148 Å². The van der Waals surface area contributed by atoms with Gasteiger partial charge in [0.2, 0.25) is 11.8 Å². The lowest BCUT2D eigenvalue weighted by atomic mass is 9.95. The number of fused-ring (bicyclic) bond motifs is 3. The molecule has 0 spiro atoms. The molecule has 4 N–H and O–H groups in total. The van der Waals surface area contributed by atoms with Crippen molar-refractivity contribution in [2.75, 3.05) is 25.4 Å². The fourth-order valence-corrected chi connectivity index (χ4v) is 9.84. The van der Waals surface area contributed by atoms with E-state index in [0.29, 0.717) is 31.4 Å². The third kappa shape index (κ3) is 5.43. The van der Waals surface area contributed by atoms with Crippen LogP contribution < -0.4 is 25.8 Å². The third-order valence-corrected chi connectivity index (χ3v) is 12.7. The lowest BCUT2D eigenvalue weighted by molar-refractivity contribution is -0.121. The Kier molecular flexibility index (Phi) is 7.80. The van der Waals surface area contributed by atoms with Crippen LogP contribution in [-0.4, -0.2) is 70.2 Å². The minimum atomic E-state index is -0.772. The van der Waals surface area contributed by atoms with Crippen LogP contribution in [0.25, 0.3) is 32.1 Å². The van der Waals surface area contributed by atoms with Crippen LogP contribution in [0.5, 0.6) is 11.9 Å². The number of nitrogens with one attached hydrogen (secondary N) is 2. The Morgan fingerprint density at radius 2 is 2.00 bits per heavy atom. The van der Waals surface area contributed by atoms with Gasteiger partial charge in [-0.15, -0.1) is 11.3 Å². The number of aromatic nitrogens is 2. The summed E-state index contributed by atoms with van der Waals surface area (Å²) in [6.07, 6.45) is 8.27. The predicted molar refractivity (Wildman–Crippen MR) is 186 cm³/mol. The average molecular weight is 720 g/mol. The zero-order valence-corrected chi connectivity index (χ0v) is 28.8. The van der Waals surface area contributed by atoms with E-state index in [9.17, 15) is 14.4 Å². The molecule has 5 fully saturated rings. The van der Waals surface area contributed by atoms with Crippen LogP contribution in [0.1, 0.15) is 63.4 Å². The molecular formula is C36H36ClF2N7O3S. The summed E-state index contributed by atoms with van der Waals surface area (Å²) in [7, 11) is 0. The second-order valence-electron chi connectivity index (χ2n) is 14.5. The summed E-state index contributed by atoms with van der Waals surface area (Å²) in [4.78, 5) is 24.6. The highest BCUT2D eigenvalue weighted by Gasteiger charge is 2.51. The van der Waals surface area contributed by atoms with Crippen molar-refractivity contribution in [2.45, 2.75) is 87.6 Å². The normalized spacial score (nSPS) is 25.6. The van der Waals surface area contributed by atoms with Crippen LogP contribution >= 0.6 is 22.9 Å². The van der Waals surface area contributed by atoms with E-state index < -0.39 is 11.6 Å². The van der Waals surface area contributed by atoms with Gasteiger partial charge in [-0.05, 0) is 88.1 Å². The van der Waals surface area contributed by atoms with Gasteiger partial charge in [0.05, 0.1) is 26.2 Å². The number of hydrogen-bond acceptors (Lipinski definition) is 10. The Bertz CT molecular complexity index is 2090. The van der Waals surface area contributed by atoms with Crippen molar-refractivity contribution in [3.05, 3.63) is 40.4 Å². The number of nitrogen functional groups attached to an aromatic ring is 1. The first-order valence-corrected chi connectivity index (χ1v) is 18.6. The van der Waals surface area contributed by atoms with Crippen LogP contribution in [0.4, 0.5) is 13.8 Å². The second kappa shape index (κ2) is 12.1. The van der Waals surface area contributed by atoms with Gasteiger partial charge in [-0.2, -0.15) is 15.2 Å². The first kappa shape index (κ1) is 32.1. The number of nitrogens with zero attached hydrogens (tertiary/aromatic N) is 4. The smallest absolute Gasteiger partial charge is 0.320 e. The van der Waals surface area contributed by atoms with E-state index in [4.69, 9.17) is 26.8 Å². The number of nitrogens with two attached hydrogens (primary N) is 1. The third-order valence-electron chi connectivity index (χ3n) is 11.4. The van der Waals surface area contributed by atoms with Crippen molar-refractivity contribution in [3.8, 4) is 29.1 Å². The second-order valence-corrected chi connectivity index (χ2v) is 15.9. The predicted octanol–water partition coefficient (Wildman–Crippen LogP) is 6.07. The maximum Gasteiger partial charge on any atom is 0.320 e. The minimum Gasteiger partial charge on any atom is -0.474 e. The highest BCUT2D eigenvalue weighted by atomic mass is 35.5. The monoisotopic (exact) mass is 719 g/mol. The summed E-state index contributed by atoms with van der Waals surface area (Å²) in [5.74, 6) is -0.544. The van der Waals surface area contributed by atoms with Crippen LogP contribution in [-0.2, 0) is 4.79 Å². The van der Waals surface area contributed by atoms with Crippen molar-refractivity contribution >= 4 is 54.8 Å². The number of amides is 1. The molecule has 260 valence electrons. The first-order valence-electron chi connectivity index (χ1n) is 17.4. The van der Waals surface area contributed by atoms with Gasteiger partial charge < -0.3 is 20.5 Å². The van der Waals surface area contributed by atoms with Crippen molar-refractivity contribution < 1.29 is 23.0 Å². The van der Waals surface area contributed by atoms with E-state index in [1.54, 1.807) is 6.07 Å².